The summed E-state index contributed by atoms with van der Waals surface area (Å²) in [5.41, 5.74) is 13.0. The molecule has 0 bridgehead atoms. The number of amides is 2. The van der Waals surface area contributed by atoms with Crippen LogP contribution in [0, 0.1) is 11.3 Å². The number of benzene rings is 1. The Labute approximate surface area is 213 Å². The first-order valence-electron chi connectivity index (χ1n) is 11.8. The van der Waals surface area contributed by atoms with Crippen LogP contribution in [0.2, 0.25) is 0 Å². The van der Waals surface area contributed by atoms with Crippen molar-refractivity contribution < 1.29 is 14.3 Å². The number of anilines is 3. The van der Waals surface area contributed by atoms with Crippen molar-refractivity contribution in [2.45, 2.75) is 19.9 Å². The molecule has 4 rings (SSSR count). The molecule has 0 atom stereocenters. The fourth-order valence-corrected chi connectivity index (χ4v) is 4.02. The third-order valence-electron chi connectivity index (χ3n) is 6.01. The summed E-state index contributed by atoms with van der Waals surface area (Å²) >= 11 is 0. The Morgan fingerprint density at radius 3 is 2.65 bits per heavy atom. The van der Waals surface area contributed by atoms with E-state index in [2.05, 4.69) is 43.2 Å². The van der Waals surface area contributed by atoms with Crippen molar-refractivity contribution in [2.24, 2.45) is 11.5 Å². The molecule has 1 aliphatic rings. The van der Waals surface area contributed by atoms with Crippen LogP contribution in [0.15, 0.2) is 36.8 Å². The van der Waals surface area contributed by atoms with Crippen molar-refractivity contribution in [2.75, 3.05) is 42.9 Å². The summed E-state index contributed by atoms with van der Waals surface area (Å²) in [7, 11) is 0. The van der Waals surface area contributed by atoms with Crippen LogP contribution in [0.1, 0.15) is 18.9 Å². The Hall–Kier alpha value is -4.70. The number of nitrogens with two attached hydrogens (primary N) is 2. The fourth-order valence-electron chi connectivity index (χ4n) is 4.02. The number of likely N-dealkylation sites (N-methyl/N-ethyl adjacent to an activating group) is 1. The van der Waals surface area contributed by atoms with Gasteiger partial charge in [-0.05, 0) is 18.7 Å². The summed E-state index contributed by atoms with van der Waals surface area (Å²) in [5.74, 6) is -0.0271. The fraction of sp³-hybridized carbons (Fsp3) is 0.333. The molecule has 1 fully saturated rings. The maximum absolute atomic E-state index is 11.6. The average Bonchev–Trinajstić information content (AvgIpc) is 3.37. The summed E-state index contributed by atoms with van der Waals surface area (Å²) in [5, 5.41) is 16.8. The van der Waals surface area contributed by atoms with Gasteiger partial charge >= 0.3 is 6.09 Å². The first-order chi connectivity index (χ1) is 17.9. The van der Waals surface area contributed by atoms with Gasteiger partial charge in [0.1, 0.15) is 6.07 Å². The molecule has 1 saturated heterocycles. The summed E-state index contributed by atoms with van der Waals surface area (Å²) in [6.07, 6.45) is 3.80. The van der Waals surface area contributed by atoms with Gasteiger partial charge in [0.05, 0.1) is 29.3 Å². The monoisotopic (exact) mass is 504 g/mol. The molecule has 2 aromatic heterocycles. The lowest BCUT2D eigenvalue weighted by Gasteiger charge is -2.35. The Kier molecular flexibility index (Phi) is 7.80. The number of hydrogen-bond acceptors (Lipinski definition) is 10. The number of carbonyl (C=O) groups excluding carboxylic acids is 2. The molecule has 0 aliphatic carbocycles. The molecule has 3 heterocycles. The second-order valence-corrected chi connectivity index (χ2v) is 8.42. The third kappa shape index (κ3) is 6.30. The molecule has 13 heteroatoms. The SMILES string of the molecule is CCN1CCN(c2ccc(Nc3ncc(C#N)c(-c4cnn(CCC(N)=O)c4)n3)c(OC(N)=O)c2)CC1. The largest absolute Gasteiger partial charge is 0.410 e. The zero-order chi connectivity index (χ0) is 26.4. The maximum Gasteiger partial charge on any atom is 0.410 e. The number of hydrogen-bond donors (Lipinski definition) is 3. The molecule has 37 heavy (non-hydrogen) atoms. The quantitative estimate of drug-likeness (QED) is 0.385. The van der Waals surface area contributed by atoms with E-state index in [0.717, 1.165) is 38.4 Å². The second kappa shape index (κ2) is 11.4. The lowest BCUT2D eigenvalue weighted by atomic mass is 10.1. The highest BCUT2D eigenvalue weighted by atomic mass is 16.5. The molecular weight excluding hydrogens is 476 g/mol. The molecule has 0 unspecified atom stereocenters. The van der Waals surface area contributed by atoms with E-state index < -0.39 is 12.0 Å². The van der Waals surface area contributed by atoms with Crippen molar-refractivity contribution in [3.05, 3.63) is 42.4 Å². The van der Waals surface area contributed by atoms with Crippen LogP contribution in [0.25, 0.3) is 11.3 Å². The Morgan fingerprint density at radius 1 is 1.19 bits per heavy atom. The highest BCUT2D eigenvalue weighted by Crippen LogP contribution is 2.33. The molecule has 1 aliphatic heterocycles. The molecule has 3 aromatic rings. The van der Waals surface area contributed by atoms with Crippen LogP contribution >= 0.6 is 0 Å². The first-order valence-corrected chi connectivity index (χ1v) is 11.8. The van der Waals surface area contributed by atoms with Crippen LogP contribution in [-0.2, 0) is 11.3 Å². The Balaban J connectivity index is 1.59. The van der Waals surface area contributed by atoms with Gasteiger partial charge in [-0.2, -0.15) is 10.4 Å². The van der Waals surface area contributed by atoms with Crippen molar-refractivity contribution in [3.8, 4) is 23.1 Å². The lowest BCUT2D eigenvalue weighted by Crippen LogP contribution is -2.46. The predicted octanol–water partition coefficient (Wildman–Crippen LogP) is 1.43. The minimum Gasteiger partial charge on any atom is -0.408 e. The van der Waals surface area contributed by atoms with Gasteiger partial charge in [-0.15, -0.1) is 0 Å². The van der Waals surface area contributed by atoms with E-state index in [9.17, 15) is 14.9 Å². The normalized spacial score (nSPS) is 13.7. The van der Waals surface area contributed by atoms with E-state index in [-0.39, 0.29) is 23.7 Å². The number of rotatable bonds is 9. The van der Waals surface area contributed by atoms with E-state index in [0.29, 0.717) is 23.5 Å². The number of ether oxygens (including phenoxy) is 1. The summed E-state index contributed by atoms with van der Waals surface area (Å²) in [6.45, 7) is 7.06. The van der Waals surface area contributed by atoms with E-state index in [1.807, 2.05) is 6.07 Å². The van der Waals surface area contributed by atoms with Gasteiger partial charge in [-0.1, -0.05) is 6.92 Å². The molecular formula is C24H28N10O3. The summed E-state index contributed by atoms with van der Waals surface area (Å²) < 4.78 is 6.83. The number of aromatic nitrogens is 4. The molecule has 2 amide bonds. The van der Waals surface area contributed by atoms with Crippen molar-refractivity contribution in [1.29, 1.82) is 5.26 Å². The zero-order valence-corrected chi connectivity index (χ0v) is 20.4. The molecule has 192 valence electrons. The Bertz CT molecular complexity index is 1320. The number of primary amides is 2. The number of nitrogens with zero attached hydrogens (tertiary/aromatic N) is 7. The lowest BCUT2D eigenvalue weighted by molar-refractivity contribution is -0.118. The minimum atomic E-state index is -0.944. The second-order valence-electron chi connectivity index (χ2n) is 8.42. The Morgan fingerprint density at radius 2 is 1.97 bits per heavy atom. The summed E-state index contributed by atoms with van der Waals surface area (Å²) in [6, 6.07) is 7.51. The third-order valence-corrected chi connectivity index (χ3v) is 6.01. The predicted molar refractivity (Wildman–Crippen MR) is 136 cm³/mol. The molecule has 1 aromatic carbocycles. The van der Waals surface area contributed by atoms with Gasteiger partial charge in [0.2, 0.25) is 11.9 Å². The molecule has 0 saturated carbocycles. The molecule has 0 radical (unpaired) electrons. The first kappa shape index (κ1) is 25.4. The molecule has 13 nitrogen and oxygen atoms in total. The maximum atomic E-state index is 11.6. The summed E-state index contributed by atoms with van der Waals surface area (Å²) in [4.78, 5) is 36.0. The van der Waals surface area contributed by atoms with Gasteiger partial charge in [0.15, 0.2) is 5.75 Å². The van der Waals surface area contributed by atoms with Gasteiger partial charge in [-0.25, -0.2) is 14.8 Å². The molecule has 0 spiro atoms. The topological polar surface area (TPSA) is 181 Å². The van der Waals surface area contributed by atoms with Crippen LogP contribution in [0.3, 0.4) is 0 Å². The van der Waals surface area contributed by atoms with Crippen LogP contribution in [0.5, 0.6) is 5.75 Å². The van der Waals surface area contributed by atoms with Crippen LogP contribution in [-0.4, -0.2) is 69.4 Å². The van der Waals surface area contributed by atoms with Crippen molar-refractivity contribution in [1.82, 2.24) is 24.6 Å². The standard InChI is InChI=1S/C24H28N10O3/c1-2-32-7-9-33(10-8-32)18-3-4-19(20(11-18)37-23(27)36)30-24-28-13-16(12-25)22(31-24)17-14-29-34(15-17)6-5-21(26)35/h3-4,11,13-15H,2,5-10H2,1H3,(H2,26,35)(H2,27,36)(H,28,30,31). The van der Waals surface area contributed by atoms with Crippen molar-refractivity contribution >= 4 is 29.3 Å². The van der Waals surface area contributed by atoms with Gasteiger partial charge in [0, 0.05) is 62.7 Å². The average molecular weight is 505 g/mol. The number of aryl methyl sites for hydroxylation is 1. The highest BCUT2D eigenvalue weighted by Gasteiger charge is 2.19. The van der Waals surface area contributed by atoms with Crippen LogP contribution < -0.4 is 26.4 Å². The minimum absolute atomic E-state index is 0.135. The number of piperazine rings is 1. The number of carbonyl (C=O) groups is 2. The van der Waals surface area contributed by atoms with Crippen LogP contribution in [0.4, 0.5) is 22.1 Å². The molecule has 5 N–H and O–H groups in total. The number of nitriles is 1. The van der Waals surface area contributed by atoms with Gasteiger partial charge < -0.3 is 31.3 Å². The van der Waals surface area contributed by atoms with E-state index >= 15 is 0 Å². The van der Waals surface area contributed by atoms with E-state index in [1.54, 1.807) is 29.2 Å². The smallest absolute Gasteiger partial charge is 0.408 e. The van der Waals surface area contributed by atoms with Gasteiger partial charge in [-0.3, -0.25) is 9.48 Å². The van der Waals surface area contributed by atoms with Crippen molar-refractivity contribution in [3.63, 3.8) is 0 Å². The zero-order valence-electron chi connectivity index (χ0n) is 20.4. The van der Waals surface area contributed by atoms with E-state index in [4.69, 9.17) is 16.2 Å². The van der Waals surface area contributed by atoms with E-state index in [1.165, 1.54) is 6.20 Å². The highest BCUT2D eigenvalue weighted by molar-refractivity contribution is 5.76. The number of nitrogens with one attached hydrogen (secondary N) is 1. The van der Waals surface area contributed by atoms with Gasteiger partial charge in [0.25, 0.3) is 0 Å².